The Morgan fingerprint density at radius 2 is 1.56 bits per heavy atom. The van der Waals surface area contributed by atoms with Crippen molar-refractivity contribution in [1.82, 2.24) is 10.6 Å². The van der Waals surface area contributed by atoms with Crippen molar-refractivity contribution in [2.45, 2.75) is 90.8 Å². The fraction of sp³-hybridized carbons (Fsp3) is 0.920. The average Bonchev–Trinajstić information content (AvgIpc) is 3.24. The first-order valence-corrected chi connectivity index (χ1v) is 12.8. The van der Waals surface area contributed by atoms with Gasteiger partial charge in [0.2, 0.25) is 0 Å². The van der Waals surface area contributed by atoms with Gasteiger partial charge in [-0.1, -0.05) is 6.42 Å². The summed E-state index contributed by atoms with van der Waals surface area (Å²) in [6.45, 7) is 12.9. The summed E-state index contributed by atoms with van der Waals surface area (Å²) in [6.07, 6.45) is -0.391. The van der Waals surface area contributed by atoms with Crippen LogP contribution in [0.4, 0.5) is 4.79 Å². The number of ether oxygens (including phenoxy) is 5. The van der Waals surface area contributed by atoms with E-state index in [1.54, 1.807) is 20.8 Å². The number of unbranched alkanes of at least 4 members (excludes halogenated alkanes) is 2. The number of carbonyl (C=O) groups excluding carboxylic acids is 2. The maximum atomic E-state index is 12.0. The summed E-state index contributed by atoms with van der Waals surface area (Å²) in [4.78, 5) is 23.8. The number of amides is 1. The van der Waals surface area contributed by atoms with Gasteiger partial charge >= 0.3 is 12.1 Å². The van der Waals surface area contributed by atoms with E-state index in [-0.39, 0.29) is 45.2 Å². The van der Waals surface area contributed by atoms with E-state index in [0.29, 0.717) is 6.54 Å². The van der Waals surface area contributed by atoms with Crippen molar-refractivity contribution < 1.29 is 43.5 Å². The minimum absolute atomic E-state index is 0.00879. The van der Waals surface area contributed by atoms with E-state index in [1.807, 2.05) is 0 Å². The van der Waals surface area contributed by atoms with Gasteiger partial charge in [0.15, 0.2) is 0 Å². The molecule has 0 radical (unpaired) electrons. The first kappa shape index (κ1) is 32.5. The molecule has 36 heavy (non-hydrogen) atoms. The lowest BCUT2D eigenvalue weighted by Crippen LogP contribution is -2.38. The highest BCUT2D eigenvalue weighted by molar-refractivity contribution is 5.75. The van der Waals surface area contributed by atoms with Crippen molar-refractivity contribution in [3.63, 3.8) is 0 Å². The van der Waals surface area contributed by atoms with E-state index in [0.717, 1.165) is 25.8 Å². The summed E-state index contributed by atoms with van der Waals surface area (Å²) in [5.41, 5.74) is -0.578. The molecular formula is C25H48N2O9. The summed E-state index contributed by atoms with van der Waals surface area (Å²) in [7, 11) is 0. The van der Waals surface area contributed by atoms with Crippen molar-refractivity contribution in [2.24, 2.45) is 5.41 Å². The van der Waals surface area contributed by atoms with Crippen LogP contribution in [-0.2, 0) is 28.5 Å². The molecule has 0 aromatic carbocycles. The van der Waals surface area contributed by atoms with Crippen LogP contribution in [0.1, 0.15) is 60.8 Å². The zero-order chi connectivity index (χ0) is 27.2. The van der Waals surface area contributed by atoms with Crippen LogP contribution in [0.5, 0.6) is 0 Å². The van der Waals surface area contributed by atoms with Gasteiger partial charge in [-0.3, -0.25) is 4.79 Å². The van der Waals surface area contributed by atoms with E-state index < -0.39 is 41.9 Å². The predicted octanol–water partition coefficient (Wildman–Crippen LogP) is 1.38. The SMILES string of the molecule is CC(C)(C)NCCCCCNC(=O)OCC(O)COC1COCC1OCC(CO)OC(=O)C(C)(C)C. The molecule has 212 valence electrons. The van der Waals surface area contributed by atoms with Crippen LogP contribution in [0, 0.1) is 5.41 Å². The van der Waals surface area contributed by atoms with E-state index in [4.69, 9.17) is 23.7 Å². The molecule has 1 heterocycles. The van der Waals surface area contributed by atoms with Crippen LogP contribution < -0.4 is 10.6 Å². The third kappa shape index (κ3) is 14.9. The van der Waals surface area contributed by atoms with Crippen molar-refractivity contribution in [3.05, 3.63) is 0 Å². The van der Waals surface area contributed by atoms with E-state index in [9.17, 15) is 19.8 Å². The number of nitrogens with one attached hydrogen (secondary N) is 2. The average molecular weight is 521 g/mol. The molecule has 1 amide bonds. The van der Waals surface area contributed by atoms with Crippen LogP contribution >= 0.6 is 0 Å². The lowest BCUT2D eigenvalue weighted by Gasteiger charge is -2.25. The number of hydrogen-bond acceptors (Lipinski definition) is 10. The second kappa shape index (κ2) is 16.4. The van der Waals surface area contributed by atoms with Crippen LogP contribution in [0.3, 0.4) is 0 Å². The van der Waals surface area contributed by atoms with E-state index in [2.05, 4.69) is 31.4 Å². The van der Waals surface area contributed by atoms with E-state index in [1.165, 1.54) is 0 Å². The fourth-order valence-corrected chi connectivity index (χ4v) is 3.10. The Bertz CT molecular complexity index is 634. The van der Waals surface area contributed by atoms with Crippen LogP contribution in [0.2, 0.25) is 0 Å². The molecule has 1 fully saturated rings. The van der Waals surface area contributed by atoms with Gasteiger partial charge < -0.3 is 44.5 Å². The Morgan fingerprint density at radius 3 is 2.14 bits per heavy atom. The summed E-state index contributed by atoms with van der Waals surface area (Å²) in [5.74, 6) is -0.429. The topological polar surface area (TPSA) is 145 Å². The second-order valence-electron chi connectivity index (χ2n) is 11.2. The summed E-state index contributed by atoms with van der Waals surface area (Å²) >= 11 is 0. The standard InChI is InChI=1S/C25H48N2O9/c1-24(2,3)22(30)36-19(12-28)15-34-21-17-32-16-20(21)33-13-18(29)14-35-23(31)26-10-8-7-9-11-27-25(4,5)6/h18-21,27-29H,7-17H2,1-6H3,(H,26,31). The molecule has 4 unspecified atom stereocenters. The van der Waals surface area contributed by atoms with Gasteiger partial charge in [-0.25, -0.2) is 4.79 Å². The minimum atomic E-state index is -1.00. The van der Waals surface area contributed by atoms with E-state index >= 15 is 0 Å². The molecule has 11 heteroatoms. The first-order chi connectivity index (χ1) is 16.8. The maximum Gasteiger partial charge on any atom is 0.407 e. The normalized spacial score (nSPS) is 20.1. The number of carbonyl (C=O) groups is 2. The van der Waals surface area contributed by atoms with Crippen LogP contribution in [-0.4, -0.2) is 105 Å². The van der Waals surface area contributed by atoms with Gasteiger partial charge in [0.25, 0.3) is 0 Å². The van der Waals surface area contributed by atoms with Gasteiger partial charge in [0, 0.05) is 12.1 Å². The summed E-state index contributed by atoms with van der Waals surface area (Å²) < 4.78 is 27.1. The number of alkyl carbamates (subject to hydrolysis) is 1. The van der Waals surface area contributed by atoms with Gasteiger partial charge in [0.1, 0.15) is 31.0 Å². The number of esters is 1. The maximum absolute atomic E-state index is 12.0. The first-order valence-electron chi connectivity index (χ1n) is 12.8. The summed E-state index contributed by atoms with van der Waals surface area (Å²) in [6, 6.07) is 0. The highest BCUT2D eigenvalue weighted by Crippen LogP contribution is 2.18. The third-order valence-corrected chi connectivity index (χ3v) is 5.25. The number of aliphatic hydroxyl groups is 2. The number of rotatable bonds is 16. The molecule has 0 aliphatic carbocycles. The molecule has 0 aromatic rings. The number of aliphatic hydroxyl groups excluding tert-OH is 2. The van der Waals surface area contributed by atoms with Crippen molar-refractivity contribution in [2.75, 3.05) is 52.7 Å². The van der Waals surface area contributed by atoms with Crippen molar-refractivity contribution >= 4 is 12.1 Å². The molecule has 1 aliphatic rings. The van der Waals surface area contributed by atoms with Crippen LogP contribution in [0.15, 0.2) is 0 Å². The molecule has 0 saturated carbocycles. The van der Waals surface area contributed by atoms with Gasteiger partial charge in [-0.15, -0.1) is 0 Å². The molecule has 1 rings (SSSR count). The Balaban J connectivity index is 2.19. The zero-order valence-electron chi connectivity index (χ0n) is 22.8. The van der Waals surface area contributed by atoms with Gasteiger partial charge in [0.05, 0.1) is 38.4 Å². The van der Waals surface area contributed by atoms with Crippen molar-refractivity contribution in [3.8, 4) is 0 Å². The highest BCUT2D eigenvalue weighted by atomic mass is 16.6. The predicted molar refractivity (Wildman–Crippen MR) is 134 cm³/mol. The molecule has 4 atom stereocenters. The molecule has 0 spiro atoms. The largest absolute Gasteiger partial charge is 0.457 e. The molecule has 4 N–H and O–H groups in total. The Kier molecular flexibility index (Phi) is 14.8. The van der Waals surface area contributed by atoms with Gasteiger partial charge in [-0.2, -0.15) is 0 Å². The molecule has 0 aromatic heterocycles. The second-order valence-corrected chi connectivity index (χ2v) is 11.2. The monoisotopic (exact) mass is 520 g/mol. The quantitative estimate of drug-likeness (QED) is 0.174. The molecule has 11 nitrogen and oxygen atoms in total. The number of hydrogen-bond donors (Lipinski definition) is 4. The minimum Gasteiger partial charge on any atom is -0.457 e. The lowest BCUT2D eigenvalue weighted by atomic mass is 9.97. The highest BCUT2D eigenvalue weighted by Gasteiger charge is 2.32. The van der Waals surface area contributed by atoms with Crippen LogP contribution in [0.25, 0.3) is 0 Å². The fourth-order valence-electron chi connectivity index (χ4n) is 3.10. The zero-order valence-corrected chi connectivity index (χ0v) is 22.8. The lowest BCUT2D eigenvalue weighted by molar-refractivity contribution is -0.167. The third-order valence-electron chi connectivity index (χ3n) is 5.25. The Hall–Kier alpha value is -1.50. The molecule has 1 aliphatic heterocycles. The molecular weight excluding hydrogens is 472 g/mol. The Labute approximate surface area is 215 Å². The molecule has 0 bridgehead atoms. The summed E-state index contributed by atoms with van der Waals surface area (Å²) in [5, 5.41) is 25.7. The molecule has 1 saturated heterocycles. The Morgan fingerprint density at radius 1 is 0.944 bits per heavy atom. The smallest absolute Gasteiger partial charge is 0.407 e. The van der Waals surface area contributed by atoms with Gasteiger partial charge in [-0.05, 0) is 60.9 Å². The van der Waals surface area contributed by atoms with Crippen molar-refractivity contribution in [1.29, 1.82) is 0 Å².